The molecule has 3 heterocycles. The van der Waals surface area contributed by atoms with Gasteiger partial charge in [0.25, 0.3) is 5.91 Å². The summed E-state index contributed by atoms with van der Waals surface area (Å²) in [4.78, 5) is 12.3. The van der Waals surface area contributed by atoms with Crippen LogP contribution in [-0.2, 0) is 6.18 Å². The lowest BCUT2D eigenvalue weighted by Crippen LogP contribution is -2.42. The standard InChI is InChI=1S/C16H15F3N4O3/c17-16(18,19)14-22-23-15(26-14)25-10-4-1-8(2-5-10)13(24)21-12-7-9-3-6-11(12)20-9/h1-2,4-5,9,11-12,20H,3,6-7H2,(H,21,24). The summed E-state index contributed by atoms with van der Waals surface area (Å²) in [5, 5.41) is 12.5. The number of amides is 1. The van der Waals surface area contributed by atoms with E-state index in [1.165, 1.54) is 24.3 Å². The SMILES string of the molecule is O=C(NC1CC2CCC1N2)c1ccc(Oc2nnc(C(F)(F)F)o2)cc1. The van der Waals surface area contributed by atoms with Crippen molar-refractivity contribution >= 4 is 5.91 Å². The van der Waals surface area contributed by atoms with Crippen LogP contribution in [0.3, 0.4) is 0 Å². The lowest BCUT2D eigenvalue weighted by atomic mass is 9.95. The van der Waals surface area contributed by atoms with E-state index in [2.05, 4.69) is 25.2 Å². The number of alkyl halides is 3. The van der Waals surface area contributed by atoms with Crippen molar-refractivity contribution in [3.05, 3.63) is 35.7 Å². The summed E-state index contributed by atoms with van der Waals surface area (Å²) in [6, 6.07) is 6.87. The highest BCUT2D eigenvalue weighted by Gasteiger charge is 2.40. The van der Waals surface area contributed by atoms with Crippen molar-refractivity contribution in [1.82, 2.24) is 20.8 Å². The van der Waals surface area contributed by atoms with Crippen molar-refractivity contribution in [1.29, 1.82) is 0 Å². The molecule has 2 fully saturated rings. The van der Waals surface area contributed by atoms with E-state index in [0.717, 1.165) is 19.3 Å². The molecule has 26 heavy (non-hydrogen) atoms. The second-order valence-electron chi connectivity index (χ2n) is 6.36. The largest absolute Gasteiger partial charge is 0.470 e. The highest BCUT2D eigenvalue weighted by molar-refractivity contribution is 5.94. The van der Waals surface area contributed by atoms with Crippen LogP contribution < -0.4 is 15.4 Å². The first kappa shape index (κ1) is 16.8. The van der Waals surface area contributed by atoms with E-state index in [1.807, 2.05) is 0 Å². The van der Waals surface area contributed by atoms with E-state index in [9.17, 15) is 18.0 Å². The minimum atomic E-state index is -4.73. The molecule has 1 amide bonds. The van der Waals surface area contributed by atoms with Gasteiger partial charge in [-0.2, -0.15) is 13.2 Å². The van der Waals surface area contributed by atoms with E-state index in [-0.39, 0.29) is 17.7 Å². The monoisotopic (exact) mass is 368 g/mol. The lowest BCUT2D eigenvalue weighted by Gasteiger charge is -2.21. The summed E-state index contributed by atoms with van der Waals surface area (Å²) in [5.74, 6) is -1.50. The number of hydrogen-bond donors (Lipinski definition) is 2. The number of fused-ring (bicyclic) bond motifs is 2. The molecule has 2 aliphatic heterocycles. The zero-order chi connectivity index (χ0) is 18.3. The Bertz CT molecular complexity index is 806. The normalized spacial score (nSPS) is 24.7. The number of carbonyl (C=O) groups is 1. The number of nitrogens with one attached hydrogen (secondary N) is 2. The van der Waals surface area contributed by atoms with Crippen molar-refractivity contribution in [3.8, 4) is 11.8 Å². The Balaban J connectivity index is 1.37. The molecule has 1 aromatic carbocycles. The summed E-state index contributed by atoms with van der Waals surface area (Å²) in [6.45, 7) is 0. The average Bonchev–Trinajstić information content (AvgIpc) is 3.31. The quantitative estimate of drug-likeness (QED) is 0.862. The summed E-state index contributed by atoms with van der Waals surface area (Å²) in [6.07, 6.45) is -2.22. The third-order valence-corrected chi connectivity index (χ3v) is 4.59. The molecule has 2 aliphatic rings. The second kappa shape index (κ2) is 6.27. The molecule has 0 saturated carbocycles. The van der Waals surface area contributed by atoms with E-state index >= 15 is 0 Å². The van der Waals surface area contributed by atoms with Crippen molar-refractivity contribution in [2.45, 2.75) is 43.6 Å². The predicted molar refractivity (Wildman–Crippen MR) is 81.6 cm³/mol. The van der Waals surface area contributed by atoms with E-state index in [0.29, 0.717) is 17.6 Å². The maximum Gasteiger partial charge on any atom is 0.470 e. The van der Waals surface area contributed by atoms with Crippen molar-refractivity contribution in [2.24, 2.45) is 0 Å². The van der Waals surface area contributed by atoms with Crippen LogP contribution in [-0.4, -0.2) is 34.2 Å². The van der Waals surface area contributed by atoms with E-state index in [4.69, 9.17) is 4.74 Å². The summed E-state index contributed by atoms with van der Waals surface area (Å²) < 4.78 is 46.7. The third-order valence-electron chi connectivity index (χ3n) is 4.59. The van der Waals surface area contributed by atoms with Crippen LogP contribution in [0.2, 0.25) is 0 Å². The smallest absolute Gasteiger partial charge is 0.410 e. The number of benzene rings is 1. The Morgan fingerprint density at radius 3 is 2.58 bits per heavy atom. The molecule has 7 nitrogen and oxygen atoms in total. The Hall–Kier alpha value is -2.62. The Kier molecular flexibility index (Phi) is 4.06. The van der Waals surface area contributed by atoms with Crippen LogP contribution in [0.5, 0.6) is 11.8 Å². The van der Waals surface area contributed by atoms with Crippen LogP contribution in [0.4, 0.5) is 13.2 Å². The van der Waals surface area contributed by atoms with Gasteiger partial charge in [-0.25, -0.2) is 0 Å². The number of rotatable bonds is 4. The number of hydrogen-bond acceptors (Lipinski definition) is 6. The molecule has 2 bridgehead atoms. The summed E-state index contributed by atoms with van der Waals surface area (Å²) in [7, 11) is 0. The molecular weight excluding hydrogens is 353 g/mol. The fourth-order valence-electron chi connectivity index (χ4n) is 3.38. The highest BCUT2D eigenvalue weighted by Crippen LogP contribution is 2.31. The zero-order valence-electron chi connectivity index (χ0n) is 13.4. The maximum absolute atomic E-state index is 12.4. The van der Waals surface area contributed by atoms with Gasteiger partial charge in [0, 0.05) is 23.7 Å². The van der Waals surface area contributed by atoms with E-state index < -0.39 is 18.1 Å². The molecule has 3 atom stereocenters. The second-order valence-corrected chi connectivity index (χ2v) is 6.36. The van der Waals surface area contributed by atoms with Crippen molar-refractivity contribution in [3.63, 3.8) is 0 Å². The maximum atomic E-state index is 12.4. The minimum absolute atomic E-state index is 0.122. The number of halogens is 3. The topological polar surface area (TPSA) is 89.3 Å². The first-order valence-electron chi connectivity index (χ1n) is 8.14. The summed E-state index contributed by atoms with van der Waals surface area (Å²) >= 11 is 0. The molecule has 4 rings (SSSR count). The zero-order valence-corrected chi connectivity index (χ0v) is 13.4. The number of ether oxygens (including phenoxy) is 1. The fourth-order valence-corrected chi connectivity index (χ4v) is 3.38. The molecular formula is C16H15F3N4O3. The molecule has 3 unspecified atom stereocenters. The van der Waals surface area contributed by atoms with Crippen LogP contribution in [0, 0.1) is 0 Å². The van der Waals surface area contributed by atoms with E-state index in [1.54, 1.807) is 0 Å². The molecule has 10 heteroatoms. The van der Waals surface area contributed by atoms with Crippen molar-refractivity contribution in [2.75, 3.05) is 0 Å². The van der Waals surface area contributed by atoms with Gasteiger partial charge in [0.15, 0.2) is 0 Å². The van der Waals surface area contributed by atoms with Crippen LogP contribution in [0.1, 0.15) is 35.5 Å². The van der Waals surface area contributed by atoms with Gasteiger partial charge in [0.2, 0.25) is 0 Å². The van der Waals surface area contributed by atoms with Gasteiger partial charge in [-0.05, 0) is 43.5 Å². The first-order chi connectivity index (χ1) is 12.4. The van der Waals surface area contributed by atoms with Gasteiger partial charge >= 0.3 is 18.1 Å². The molecule has 0 spiro atoms. The lowest BCUT2D eigenvalue weighted by molar-refractivity contribution is -0.157. The Morgan fingerprint density at radius 2 is 2.00 bits per heavy atom. The molecule has 0 radical (unpaired) electrons. The number of carbonyl (C=O) groups excluding carboxylic acids is 1. The minimum Gasteiger partial charge on any atom is -0.410 e. The van der Waals surface area contributed by atoms with Gasteiger partial charge in [-0.15, -0.1) is 0 Å². The molecule has 138 valence electrons. The van der Waals surface area contributed by atoms with Gasteiger partial charge in [-0.1, -0.05) is 10.2 Å². The molecule has 2 saturated heterocycles. The van der Waals surface area contributed by atoms with Crippen LogP contribution in [0.15, 0.2) is 28.7 Å². The highest BCUT2D eigenvalue weighted by atomic mass is 19.4. The van der Waals surface area contributed by atoms with Gasteiger partial charge in [0.1, 0.15) is 5.75 Å². The average molecular weight is 368 g/mol. The van der Waals surface area contributed by atoms with Crippen LogP contribution in [0.25, 0.3) is 0 Å². The number of nitrogens with zero attached hydrogens (tertiary/aromatic N) is 2. The van der Waals surface area contributed by atoms with Gasteiger partial charge in [0.05, 0.1) is 0 Å². The predicted octanol–water partition coefficient (Wildman–Crippen LogP) is 2.50. The first-order valence-corrected chi connectivity index (χ1v) is 8.14. The van der Waals surface area contributed by atoms with Crippen LogP contribution >= 0.6 is 0 Å². The molecule has 2 aromatic rings. The van der Waals surface area contributed by atoms with Gasteiger partial charge < -0.3 is 19.8 Å². The van der Waals surface area contributed by atoms with Crippen molar-refractivity contribution < 1.29 is 27.1 Å². The molecule has 2 N–H and O–H groups in total. The Morgan fingerprint density at radius 1 is 1.23 bits per heavy atom. The van der Waals surface area contributed by atoms with Gasteiger partial charge in [-0.3, -0.25) is 4.79 Å². The number of aromatic nitrogens is 2. The third kappa shape index (κ3) is 3.36. The fraction of sp³-hybridized carbons (Fsp3) is 0.438. The summed E-state index contributed by atoms with van der Waals surface area (Å²) in [5.41, 5.74) is 0.432. The molecule has 1 aromatic heterocycles. The molecule has 0 aliphatic carbocycles. The Labute approximate surface area is 145 Å².